The molecule has 0 spiro atoms. The molecule has 3 aromatic rings. The number of hydrogen-bond acceptors (Lipinski definition) is 7. The van der Waals surface area contributed by atoms with Crippen molar-refractivity contribution in [2.24, 2.45) is 5.92 Å². The fraction of sp³-hybridized carbons (Fsp3) is 0.250. The number of rotatable bonds is 6. The molecule has 1 saturated carbocycles. The van der Waals surface area contributed by atoms with Gasteiger partial charge in [0.1, 0.15) is 16.9 Å². The number of ether oxygens (including phenoxy) is 2. The van der Waals surface area contributed by atoms with Gasteiger partial charge in [0.25, 0.3) is 0 Å². The van der Waals surface area contributed by atoms with E-state index in [1.165, 1.54) is 31.1 Å². The molecule has 1 aliphatic carbocycles. The molecule has 3 aromatic heterocycles. The van der Waals surface area contributed by atoms with Crippen molar-refractivity contribution in [3.8, 4) is 5.75 Å². The Hall–Kier alpha value is -4.13. The number of hydrogen-bond donors (Lipinski definition) is 2. The van der Waals surface area contributed by atoms with Crippen LogP contribution in [-0.2, 0) is 9.53 Å². The zero-order valence-corrected chi connectivity index (χ0v) is 16.3. The van der Waals surface area contributed by atoms with Gasteiger partial charge >= 0.3 is 5.97 Å². The molecule has 4 rings (SSSR count). The summed E-state index contributed by atoms with van der Waals surface area (Å²) in [6.45, 7) is 7.34. The molecule has 2 N–H and O–H groups in total. The number of anilines is 3. The summed E-state index contributed by atoms with van der Waals surface area (Å²) in [6.07, 6.45) is 6.19. The zero-order valence-electron chi connectivity index (χ0n) is 16.3. The van der Waals surface area contributed by atoms with Crippen molar-refractivity contribution in [2.75, 3.05) is 24.9 Å². The number of esters is 1. The smallest absolute Gasteiger partial charge is 0.341 e. The Morgan fingerprint density at radius 2 is 2.07 bits per heavy atom. The Balaban J connectivity index is 1.76. The lowest BCUT2D eigenvalue weighted by Crippen LogP contribution is -2.15. The highest BCUT2D eigenvalue weighted by molar-refractivity contribution is 5.99. The molecular weight excluding hydrogens is 388 g/mol. The summed E-state index contributed by atoms with van der Waals surface area (Å²) in [4.78, 5) is 31.9. The van der Waals surface area contributed by atoms with Crippen molar-refractivity contribution in [3.05, 3.63) is 47.7 Å². The molecule has 0 aliphatic heterocycles. The number of nitrogens with zero attached hydrogens (tertiary/aromatic N) is 4. The maximum atomic E-state index is 12.2. The molecule has 1 amide bonds. The van der Waals surface area contributed by atoms with E-state index in [-0.39, 0.29) is 17.4 Å². The van der Waals surface area contributed by atoms with Crippen molar-refractivity contribution in [3.63, 3.8) is 0 Å². The number of carbonyl (C=O) groups excluding carboxylic acids is 2. The van der Waals surface area contributed by atoms with Crippen molar-refractivity contribution in [1.82, 2.24) is 14.6 Å². The summed E-state index contributed by atoms with van der Waals surface area (Å²) in [6, 6.07) is 3.26. The first-order chi connectivity index (χ1) is 14.5. The molecule has 0 saturated heterocycles. The average molecular weight is 406 g/mol. The number of carbonyl (C=O) groups is 2. The minimum atomic E-state index is -0.587. The van der Waals surface area contributed by atoms with Crippen molar-refractivity contribution in [1.29, 1.82) is 0 Å². The maximum absolute atomic E-state index is 12.2. The number of pyridine rings is 2. The molecule has 10 heteroatoms. The Bertz CT molecular complexity index is 1190. The third-order valence-electron chi connectivity index (χ3n) is 4.72. The summed E-state index contributed by atoms with van der Waals surface area (Å²) >= 11 is 0. The van der Waals surface area contributed by atoms with Crippen LogP contribution < -0.4 is 15.4 Å². The first-order valence-electron chi connectivity index (χ1n) is 9.13. The third kappa shape index (κ3) is 3.48. The van der Waals surface area contributed by atoms with E-state index in [9.17, 15) is 9.59 Å². The Morgan fingerprint density at radius 3 is 2.73 bits per heavy atom. The van der Waals surface area contributed by atoms with Crippen molar-refractivity contribution < 1.29 is 19.1 Å². The quantitative estimate of drug-likeness (QED) is 0.478. The Morgan fingerprint density at radius 1 is 1.27 bits per heavy atom. The van der Waals surface area contributed by atoms with Gasteiger partial charge in [-0.2, -0.15) is 5.10 Å². The van der Waals surface area contributed by atoms with Crippen molar-refractivity contribution >= 4 is 40.3 Å². The predicted octanol–water partition coefficient (Wildman–Crippen LogP) is 3.17. The first-order valence-corrected chi connectivity index (χ1v) is 9.13. The second kappa shape index (κ2) is 7.71. The molecule has 0 radical (unpaired) electrons. The molecule has 30 heavy (non-hydrogen) atoms. The SMILES string of the molecule is [C-]#[N+]c1cnn2ccc(Nc3cc(NC(=O)C4CC4)ncc3C(=O)OC)c(OC)c12. The fourth-order valence-electron chi connectivity index (χ4n) is 3.04. The summed E-state index contributed by atoms with van der Waals surface area (Å²) in [5.41, 5.74) is 1.88. The summed E-state index contributed by atoms with van der Waals surface area (Å²) < 4.78 is 11.9. The molecule has 1 fully saturated rings. The number of amides is 1. The van der Waals surface area contributed by atoms with Gasteiger partial charge in [0.05, 0.1) is 38.4 Å². The molecule has 0 unspecified atom stereocenters. The molecule has 3 heterocycles. The van der Waals surface area contributed by atoms with Gasteiger partial charge in [0.15, 0.2) is 5.75 Å². The minimum absolute atomic E-state index is 0.0138. The standard InChI is InChI=1S/C20H18N6O4/c1-21-15-10-23-26-7-6-13(18(29-2)17(15)26)24-14-8-16(25-19(27)11-4-5-11)22-9-12(14)20(28)30-3/h6-11H,4-5H2,2-3H3,(H2,22,24,25,27). The molecule has 0 bridgehead atoms. The van der Waals surface area contributed by atoms with E-state index in [4.69, 9.17) is 16.0 Å². The third-order valence-corrected chi connectivity index (χ3v) is 4.72. The van der Waals surface area contributed by atoms with E-state index in [0.717, 1.165) is 12.8 Å². The van der Waals surface area contributed by atoms with Gasteiger partial charge in [-0.3, -0.25) is 4.79 Å². The Labute approximate surface area is 171 Å². The fourth-order valence-corrected chi connectivity index (χ4v) is 3.04. The first kappa shape index (κ1) is 19.2. The zero-order chi connectivity index (χ0) is 21.3. The second-order valence-electron chi connectivity index (χ2n) is 6.69. The summed E-state index contributed by atoms with van der Waals surface area (Å²) in [5.74, 6) is 0.0286. The van der Waals surface area contributed by atoms with Gasteiger partial charge in [0, 0.05) is 24.4 Å². The molecular formula is C20H18N6O4. The van der Waals surface area contributed by atoms with Crippen LogP contribution in [0.3, 0.4) is 0 Å². The largest absolute Gasteiger partial charge is 0.494 e. The number of nitrogens with one attached hydrogen (secondary N) is 2. The second-order valence-corrected chi connectivity index (χ2v) is 6.69. The van der Waals surface area contributed by atoms with Crippen LogP contribution >= 0.6 is 0 Å². The van der Waals surface area contributed by atoms with Gasteiger partial charge in [0.2, 0.25) is 11.6 Å². The van der Waals surface area contributed by atoms with Crippen LogP contribution in [0.5, 0.6) is 5.75 Å². The van der Waals surface area contributed by atoms with Crippen LogP contribution in [0.25, 0.3) is 10.4 Å². The Kier molecular flexibility index (Phi) is 4.93. The number of aromatic nitrogens is 3. The van der Waals surface area contributed by atoms with Crippen LogP contribution in [0.4, 0.5) is 22.9 Å². The average Bonchev–Trinajstić information content (AvgIpc) is 3.53. The lowest BCUT2D eigenvalue weighted by molar-refractivity contribution is -0.117. The van der Waals surface area contributed by atoms with Crippen LogP contribution in [0.15, 0.2) is 30.7 Å². The van der Waals surface area contributed by atoms with E-state index in [2.05, 4.69) is 25.6 Å². The van der Waals surface area contributed by atoms with Crippen LogP contribution in [0.2, 0.25) is 0 Å². The van der Waals surface area contributed by atoms with Crippen LogP contribution in [0.1, 0.15) is 23.2 Å². The summed E-state index contributed by atoms with van der Waals surface area (Å²) in [5, 5.41) is 10.0. The van der Waals surface area contributed by atoms with Crippen LogP contribution in [-0.4, -0.2) is 40.7 Å². The van der Waals surface area contributed by atoms with E-state index in [0.29, 0.717) is 34.1 Å². The molecule has 152 valence electrons. The summed E-state index contributed by atoms with van der Waals surface area (Å²) in [7, 11) is 2.76. The predicted molar refractivity (Wildman–Crippen MR) is 108 cm³/mol. The van der Waals surface area contributed by atoms with Gasteiger partial charge in [-0.15, -0.1) is 0 Å². The minimum Gasteiger partial charge on any atom is -0.494 e. The normalized spacial score (nSPS) is 12.8. The van der Waals surface area contributed by atoms with Gasteiger partial charge < -0.3 is 20.1 Å². The maximum Gasteiger partial charge on any atom is 0.341 e. The van der Waals surface area contributed by atoms with Gasteiger partial charge in [-0.25, -0.2) is 19.1 Å². The number of fused-ring (bicyclic) bond motifs is 1. The monoisotopic (exact) mass is 406 g/mol. The molecule has 0 atom stereocenters. The van der Waals surface area contributed by atoms with E-state index >= 15 is 0 Å². The molecule has 10 nitrogen and oxygen atoms in total. The van der Waals surface area contributed by atoms with E-state index in [1.807, 2.05) is 0 Å². The highest BCUT2D eigenvalue weighted by Gasteiger charge is 2.30. The lowest BCUT2D eigenvalue weighted by Gasteiger charge is -2.16. The van der Waals surface area contributed by atoms with Crippen LogP contribution in [0, 0.1) is 12.5 Å². The van der Waals surface area contributed by atoms with Crippen molar-refractivity contribution in [2.45, 2.75) is 12.8 Å². The van der Waals surface area contributed by atoms with Gasteiger partial charge in [-0.1, -0.05) is 0 Å². The van der Waals surface area contributed by atoms with Gasteiger partial charge in [-0.05, 0) is 18.9 Å². The van der Waals surface area contributed by atoms with E-state index < -0.39 is 5.97 Å². The highest BCUT2D eigenvalue weighted by atomic mass is 16.5. The lowest BCUT2D eigenvalue weighted by atomic mass is 10.2. The topological polar surface area (TPSA) is 111 Å². The molecule has 1 aliphatic rings. The van der Waals surface area contributed by atoms with E-state index in [1.54, 1.807) is 18.3 Å². The number of methoxy groups -OCH3 is 2. The molecule has 0 aromatic carbocycles. The highest BCUT2D eigenvalue weighted by Crippen LogP contribution is 2.38.